The summed E-state index contributed by atoms with van der Waals surface area (Å²) in [5.41, 5.74) is 1.39. The summed E-state index contributed by atoms with van der Waals surface area (Å²) < 4.78 is 6.93. The predicted molar refractivity (Wildman–Crippen MR) is 87.2 cm³/mol. The SMILES string of the molecule is COc1cc(-c2cnn(C)c2)c([N+](=O)[O-])cc1Nc1ncccn1. The quantitative estimate of drug-likeness (QED) is 0.567. The van der Waals surface area contributed by atoms with Gasteiger partial charge in [0.2, 0.25) is 5.95 Å². The maximum absolute atomic E-state index is 11.5. The maximum Gasteiger partial charge on any atom is 0.279 e. The van der Waals surface area contributed by atoms with Gasteiger partial charge in [0, 0.05) is 37.3 Å². The molecular weight excluding hydrogens is 312 g/mol. The highest BCUT2D eigenvalue weighted by atomic mass is 16.6. The molecule has 3 rings (SSSR count). The summed E-state index contributed by atoms with van der Waals surface area (Å²) in [6.45, 7) is 0. The van der Waals surface area contributed by atoms with Crippen LogP contribution >= 0.6 is 0 Å². The van der Waals surface area contributed by atoms with Crippen LogP contribution in [0.3, 0.4) is 0 Å². The first-order chi connectivity index (χ1) is 11.6. The van der Waals surface area contributed by atoms with E-state index in [1.54, 1.807) is 48.6 Å². The third-order valence-corrected chi connectivity index (χ3v) is 3.34. The van der Waals surface area contributed by atoms with Crippen molar-refractivity contribution in [2.24, 2.45) is 7.05 Å². The molecule has 0 unspecified atom stereocenters. The van der Waals surface area contributed by atoms with Crippen molar-refractivity contribution in [3.63, 3.8) is 0 Å². The fourth-order valence-electron chi connectivity index (χ4n) is 2.26. The standard InChI is InChI=1S/C15H14N6O3/c1-20-9-10(8-18-20)11-6-14(24-2)12(7-13(11)21(22)23)19-15-16-4-3-5-17-15/h3-9H,1-2H3,(H,16,17,19). The Hall–Kier alpha value is -3.49. The van der Waals surface area contributed by atoms with Gasteiger partial charge in [-0.3, -0.25) is 14.8 Å². The van der Waals surface area contributed by atoms with E-state index in [9.17, 15) is 10.1 Å². The number of ether oxygens (including phenoxy) is 1. The topological polar surface area (TPSA) is 108 Å². The lowest BCUT2D eigenvalue weighted by Crippen LogP contribution is -2.01. The number of nitro groups is 1. The summed E-state index contributed by atoms with van der Waals surface area (Å²) in [5.74, 6) is 0.756. The van der Waals surface area contributed by atoms with E-state index in [2.05, 4.69) is 20.4 Å². The zero-order valence-corrected chi connectivity index (χ0v) is 13.0. The van der Waals surface area contributed by atoms with E-state index in [0.29, 0.717) is 28.5 Å². The molecule has 0 amide bonds. The van der Waals surface area contributed by atoms with E-state index in [-0.39, 0.29) is 5.69 Å². The van der Waals surface area contributed by atoms with Gasteiger partial charge in [-0.15, -0.1) is 0 Å². The first-order valence-corrected chi connectivity index (χ1v) is 6.98. The minimum Gasteiger partial charge on any atom is -0.495 e. The number of nitrogens with one attached hydrogen (secondary N) is 1. The first-order valence-electron chi connectivity index (χ1n) is 6.98. The normalized spacial score (nSPS) is 10.4. The van der Waals surface area contributed by atoms with Gasteiger partial charge in [0.25, 0.3) is 5.69 Å². The second-order valence-corrected chi connectivity index (χ2v) is 4.93. The molecule has 24 heavy (non-hydrogen) atoms. The molecule has 0 fully saturated rings. The minimum absolute atomic E-state index is 0.0674. The number of aryl methyl sites for hydroxylation is 1. The van der Waals surface area contributed by atoms with Crippen LogP contribution in [0.5, 0.6) is 5.75 Å². The van der Waals surface area contributed by atoms with E-state index >= 15 is 0 Å². The average molecular weight is 326 g/mol. The van der Waals surface area contributed by atoms with Gasteiger partial charge < -0.3 is 10.1 Å². The van der Waals surface area contributed by atoms with E-state index in [1.807, 2.05) is 0 Å². The van der Waals surface area contributed by atoms with Crippen molar-refractivity contribution in [1.82, 2.24) is 19.7 Å². The Morgan fingerprint density at radius 1 is 1.29 bits per heavy atom. The van der Waals surface area contributed by atoms with Gasteiger partial charge >= 0.3 is 0 Å². The second kappa shape index (κ2) is 6.32. The van der Waals surface area contributed by atoms with Crippen molar-refractivity contribution in [2.45, 2.75) is 0 Å². The van der Waals surface area contributed by atoms with Gasteiger partial charge in [0.05, 0.1) is 29.5 Å². The Bertz CT molecular complexity index is 878. The summed E-state index contributed by atoms with van der Waals surface area (Å²) in [7, 11) is 3.24. The van der Waals surface area contributed by atoms with Gasteiger partial charge in [-0.2, -0.15) is 5.10 Å². The van der Waals surface area contributed by atoms with E-state index in [0.717, 1.165) is 0 Å². The van der Waals surface area contributed by atoms with Crippen LogP contribution in [0, 0.1) is 10.1 Å². The molecule has 0 spiro atoms. The lowest BCUT2D eigenvalue weighted by molar-refractivity contribution is -0.384. The van der Waals surface area contributed by atoms with E-state index < -0.39 is 4.92 Å². The van der Waals surface area contributed by atoms with Gasteiger partial charge in [0.1, 0.15) is 5.75 Å². The molecule has 1 N–H and O–H groups in total. The van der Waals surface area contributed by atoms with Crippen LogP contribution in [0.4, 0.5) is 17.3 Å². The lowest BCUT2D eigenvalue weighted by atomic mass is 10.1. The molecule has 0 aliphatic carbocycles. The van der Waals surface area contributed by atoms with Crippen LogP contribution in [-0.4, -0.2) is 31.8 Å². The van der Waals surface area contributed by atoms with Gasteiger partial charge in [-0.05, 0) is 12.1 Å². The number of hydrogen-bond acceptors (Lipinski definition) is 7. The first kappa shape index (κ1) is 15.4. The lowest BCUT2D eigenvalue weighted by Gasteiger charge is -2.12. The maximum atomic E-state index is 11.5. The summed E-state index contributed by atoms with van der Waals surface area (Å²) in [4.78, 5) is 19.1. The number of rotatable bonds is 5. The Labute approximate surface area is 137 Å². The molecule has 0 bridgehead atoms. The van der Waals surface area contributed by atoms with Gasteiger partial charge in [-0.25, -0.2) is 9.97 Å². The fraction of sp³-hybridized carbons (Fsp3) is 0.133. The zero-order valence-electron chi connectivity index (χ0n) is 13.0. The van der Waals surface area contributed by atoms with Crippen molar-refractivity contribution in [3.8, 4) is 16.9 Å². The zero-order chi connectivity index (χ0) is 17.1. The molecule has 1 aromatic carbocycles. The number of methoxy groups -OCH3 is 1. The highest BCUT2D eigenvalue weighted by molar-refractivity contribution is 5.80. The Morgan fingerprint density at radius 3 is 2.62 bits per heavy atom. The smallest absolute Gasteiger partial charge is 0.279 e. The van der Waals surface area contributed by atoms with E-state index in [4.69, 9.17) is 4.74 Å². The molecule has 122 valence electrons. The van der Waals surface area contributed by atoms with Crippen molar-refractivity contribution in [3.05, 3.63) is 53.1 Å². The molecule has 0 saturated carbocycles. The Balaban J connectivity index is 2.11. The van der Waals surface area contributed by atoms with Crippen molar-refractivity contribution in [1.29, 1.82) is 0 Å². The van der Waals surface area contributed by atoms with Crippen LogP contribution in [0.1, 0.15) is 0 Å². The number of benzene rings is 1. The van der Waals surface area contributed by atoms with Crippen LogP contribution in [-0.2, 0) is 7.05 Å². The molecule has 2 heterocycles. The van der Waals surface area contributed by atoms with Crippen LogP contribution in [0.25, 0.3) is 11.1 Å². The van der Waals surface area contributed by atoms with Crippen molar-refractivity contribution < 1.29 is 9.66 Å². The summed E-state index contributed by atoms with van der Waals surface area (Å²) in [6, 6.07) is 4.67. The summed E-state index contributed by atoms with van der Waals surface area (Å²) in [6.07, 6.45) is 6.41. The molecule has 0 atom stereocenters. The molecular formula is C15H14N6O3. The van der Waals surface area contributed by atoms with Crippen LogP contribution in [0.2, 0.25) is 0 Å². The third-order valence-electron chi connectivity index (χ3n) is 3.34. The Kier molecular flexibility index (Phi) is 4.06. The van der Waals surface area contributed by atoms with E-state index in [1.165, 1.54) is 13.2 Å². The fourth-order valence-corrected chi connectivity index (χ4v) is 2.26. The van der Waals surface area contributed by atoms with Crippen LogP contribution in [0.15, 0.2) is 43.0 Å². The Morgan fingerprint density at radius 2 is 2.04 bits per heavy atom. The number of nitro benzene ring substituents is 1. The molecule has 2 aromatic heterocycles. The van der Waals surface area contributed by atoms with Crippen molar-refractivity contribution in [2.75, 3.05) is 12.4 Å². The molecule has 9 heteroatoms. The number of anilines is 2. The average Bonchev–Trinajstić information content (AvgIpc) is 3.01. The molecule has 0 radical (unpaired) electrons. The second-order valence-electron chi connectivity index (χ2n) is 4.93. The monoisotopic (exact) mass is 326 g/mol. The third kappa shape index (κ3) is 3.00. The number of aromatic nitrogens is 4. The summed E-state index contributed by atoms with van der Waals surface area (Å²) in [5, 5.41) is 18.5. The molecule has 0 aliphatic heterocycles. The van der Waals surface area contributed by atoms with Crippen LogP contribution < -0.4 is 10.1 Å². The summed E-state index contributed by atoms with van der Waals surface area (Å²) >= 11 is 0. The van der Waals surface area contributed by atoms with Crippen molar-refractivity contribution >= 4 is 17.3 Å². The predicted octanol–water partition coefficient (Wildman–Crippen LogP) is 2.54. The van der Waals surface area contributed by atoms with Gasteiger partial charge in [0.15, 0.2) is 0 Å². The molecule has 0 saturated heterocycles. The molecule has 9 nitrogen and oxygen atoms in total. The number of nitrogens with zero attached hydrogens (tertiary/aromatic N) is 5. The minimum atomic E-state index is -0.446. The molecule has 0 aliphatic rings. The largest absolute Gasteiger partial charge is 0.495 e. The molecule has 3 aromatic rings. The number of hydrogen-bond donors (Lipinski definition) is 1. The highest BCUT2D eigenvalue weighted by Gasteiger charge is 2.21. The van der Waals surface area contributed by atoms with Gasteiger partial charge in [-0.1, -0.05) is 0 Å². The highest BCUT2D eigenvalue weighted by Crippen LogP contribution is 2.39.